The van der Waals surface area contributed by atoms with E-state index in [1.165, 1.54) is 6.07 Å². The predicted molar refractivity (Wildman–Crippen MR) is 101 cm³/mol. The number of tetrazole rings is 1. The molecule has 1 atom stereocenters. The summed E-state index contributed by atoms with van der Waals surface area (Å²) < 4.78 is 20.8. The van der Waals surface area contributed by atoms with E-state index >= 15 is 0 Å². The van der Waals surface area contributed by atoms with Crippen LogP contribution in [-0.4, -0.2) is 76.9 Å². The molecule has 9 nitrogen and oxygen atoms in total. The number of para-hydroxylation sites is 1. The first-order chi connectivity index (χ1) is 13.5. The van der Waals surface area contributed by atoms with Crippen molar-refractivity contribution in [1.29, 1.82) is 0 Å². The molecule has 0 radical (unpaired) electrons. The molecule has 0 saturated carbocycles. The summed E-state index contributed by atoms with van der Waals surface area (Å²) >= 11 is 0. The Balaban J connectivity index is 1.83. The summed E-state index contributed by atoms with van der Waals surface area (Å²) in [5, 5.41) is 14.9. The molecule has 152 valence electrons. The number of methoxy groups -OCH3 is 1. The zero-order valence-corrected chi connectivity index (χ0v) is 16.4. The summed E-state index contributed by atoms with van der Waals surface area (Å²) in [7, 11) is 5.53. The van der Waals surface area contributed by atoms with Crippen molar-refractivity contribution in [3.63, 3.8) is 0 Å². The molecular formula is C18H26FN7O2. The van der Waals surface area contributed by atoms with Gasteiger partial charge in [-0.3, -0.25) is 4.90 Å². The number of hydrogen-bond donors (Lipinski definition) is 1. The van der Waals surface area contributed by atoms with Crippen molar-refractivity contribution < 1.29 is 13.9 Å². The number of benzene rings is 1. The molecule has 1 aliphatic heterocycles. The molecule has 2 amide bonds. The second-order valence-corrected chi connectivity index (χ2v) is 7.08. The third-order valence-electron chi connectivity index (χ3n) is 5.18. The van der Waals surface area contributed by atoms with Gasteiger partial charge in [0.25, 0.3) is 0 Å². The fourth-order valence-corrected chi connectivity index (χ4v) is 3.58. The van der Waals surface area contributed by atoms with E-state index in [4.69, 9.17) is 4.74 Å². The lowest BCUT2D eigenvalue weighted by Gasteiger charge is -2.45. The van der Waals surface area contributed by atoms with E-state index < -0.39 is 11.4 Å². The first-order valence-corrected chi connectivity index (χ1v) is 9.21. The van der Waals surface area contributed by atoms with Crippen LogP contribution in [0.1, 0.15) is 18.7 Å². The summed E-state index contributed by atoms with van der Waals surface area (Å²) in [6.07, 6.45) is 1.58. The monoisotopic (exact) mass is 391 g/mol. The highest BCUT2D eigenvalue weighted by Crippen LogP contribution is 2.35. The molecule has 1 unspecified atom stereocenters. The van der Waals surface area contributed by atoms with Gasteiger partial charge in [-0.15, -0.1) is 5.10 Å². The standard InChI is InChI=1S/C18H26FN7O2/c1-24(2)18(16-21-22-23-26(16)11-12-28-3)9-6-10-25(13-18)17(27)20-15-8-5-4-7-14(15)19/h4-5,7-8H,6,9-13H2,1-3H3,(H,20,27). The molecule has 0 aliphatic carbocycles. The van der Waals surface area contributed by atoms with Gasteiger partial charge in [-0.25, -0.2) is 13.9 Å². The Bertz CT molecular complexity index is 813. The number of hydrogen-bond acceptors (Lipinski definition) is 6. The molecule has 1 N–H and O–H groups in total. The number of likely N-dealkylation sites (tertiary alicyclic amines) is 1. The summed E-state index contributed by atoms with van der Waals surface area (Å²) in [5.74, 6) is 0.230. The van der Waals surface area contributed by atoms with Gasteiger partial charge in [-0.2, -0.15) is 0 Å². The Morgan fingerprint density at radius 2 is 2.18 bits per heavy atom. The zero-order valence-electron chi connectivity index (χ0n) is 16.4. The molecule has 1 aliphatic rings. The Labute approximate surface area is 163 Å². The lowest BCUT2D eigenvalue weighted by molar-refractivity contribution is 0.0473. The third kappa shape index (κ3) is 3.97. The molecular weight excluding hydrogens is 365 g/mol. The van der Waals surface area contributed by atoms with Crippen molar-refractivity contribution >= 4 is 11.7 Å². The Hall–Kier alpha value is -2.59. The average molecular weight is 391 g/mol. The van der Waals surface area contributed by atoms with Gasteiger partial charge in [-0.1, -0.05) is 12.1 Å². The van der Waals surface area contributed by atoms with E-state index in [0.29, 0.717) is 32.1 Å². The molecule has 3 rings (SSSR count). The van der Waals surface area contributed by atoms with Crippen molar-refractivity contribution in [2.45, 2.75) is 24.9 Å². The number of nitrogens with one attached hydrogen (secondary N) is 1. The number of piperidine rings is 1. The molecule has 1 aromatic heterocycles. The molecule has 1 fully saturated rings. The number of halogens is 1. The van der Waals surface area contributed by atoms with Gasteiger partial charge in [0.2, 0.25) is 0 Å². The highest BCUT2D eigenvalue weighted by atomic mass is 19.1. The Morgan fingerprint density at radius 1 is 1.39 bits per heavy atom. The number of urea groups is 1. The van der Waals surface area contributed by atoms with Crippen molar-refractivity contribution in [1.82, 2.24) is 30.0 Å². The van der Waals surface area contributed by atoms with Crippen LogP contribution in [0, 0.1) is 5.82 Å². The maximum Gasteiger partial charge on any atom is 0.322 e. The molecule has 2 heterocycles. The average Bonchev–Trinajstić information content (AvgIpc) is 3.17. The van der Waals surface area contributed by atoms with Crippen LogP contribution in [0.4, 0.5) is 14.9 Å². The number of carbonyl (C=O) groups excluding carboxylic acids is 1. The number of ether oxygens (including phenoxy) is 1. The minimum atomic E-state index is -0.540. The minimum absolute atomic E-state index is 0.165. The maximum atomic E-state index is 13.9. The second-order valence-electron chi connectivity index (χ2n) is 7.08. The van der Waals surface area contributed by atoms with Crippen molar-refractivity contribution in [2.24, 2.45) is 0 Å². The number of likely N-dealkylation sites (N-methyl/N-ethyl adjacent to an activating group) is 1. The lowest BCUT2D eigenvalue weighted by Crippen LogP contribution is -2.57. The van der Waals surface area contributed by atoms with Crippen molar-refractivity contribution in [3.05, 3.63) is 35.9 Å². The summed E-state index contributed by atoms with van der Waals surface area (Å²) in [6, 6.07) is 5.79. The van der Waals surface area contributed by atoms with Crippen LogP contribution in [0.3, 0.4) is 0 Å². The molecule has 1 aromatic carbocycles. The van der Waals surface area contributed by atoms with Crippen LogP contribution in [0.25, 0.3) is 0 Å². The normalized spacial score (nSPS) is 19.8. The molecule has 0 spiro atoms. The zero-order chi connectivity index (χ0) is 20.1. The third-order valence-corrected chi connectivity index (χ3v) is 5.18. The maximum absolute atomic E-state index is 13.9. The predicted octanol–water partition coefficient (Wildman–Crippen LogP) is 1.54. The summed E-state index contributed by atoms with van der Waals surface area (Å²) in [6.45, 7) is 1.98. The number of anilines is 1. The van der Waals surface area contributed by atoms with Crippen LogP contribution in [-0.2, 0) is 16.8 Å². The van der Waals surface area contributed by atoms with Crippen LogP contribution in [0.5, 0.6) is 0 Å². The van der Waals surface area contributed by atoms with Crippen LogP contribution >= 0.6 is 0 Å². The van der Waals surface area contributed by atoms with E-state index in [9.17, 15) is 9.18 Å². The quantitative estimate of drug-likeness (QED) is 0.804. The van der Waals surface area contributed by atoms with Gasteiger partial charge in [0, 0.05) is 20.2 Å². The molecule has 10 heteroatoms. The van der Waals surface area contributed by atoms with Crippen LogP contribution in [0.2, 0.25) is 0 Å². The Kier molecular flexibility index (Phi) is 6.20. The molecule has 0 bridgehead atoms. The molecule has 28 heavy (non-hydrogen) atoms. The van der Waals surface area contributed by atoms with Crippen LogP contribution in [0.15, 0.2) is 24.3 Å². The summed E-state index contributed by atoms with van der Waals surface area (Å²) in [5.41, 5.74) is -0.374. The number of carbonyl (C=O) groups is 1. The van der Waals surface area contributed by atoms with Crippen LogP contribution < -0.4 is 5.32 Å². The molecule has 1 saturated heterocycles. The van der Waals surface area contributed by atoms with E-state index in [2.05, 4.69) is 20.8 Å². The van der Waals surface area contributed by atoms with Gasteiger partial charge >= 0.3 is 6.03 Å². The van der Waals surface area contributed by atoms with E-state index in [0.717, 1.165) is 12.8 Å². The number of aromatic nitrogens is 4. The SMILES string of the molecule is COCCn1nnnc1C1(N(C)C)CCCN(C(=O)Nc2ccccc2F)C1. The second kappa shape index (κ2) is 8.61. The lowest BCUT2D eigenvalue weighted by atomic mass is 9.86. The highest BCUT2D eigenvalue weighted by Gasteiger charge is 2.44. The van der Waals surface area contributed by atoms with Gasteiger partial charge in [0.15, 0.2) is 5.82 Å². The number of nitrogens with zero attached hydrogens (tertiary/aromatic N) is 6. The van der Waals surface area contributed by atoms with Gasteiger partial charge < -0.3 is 15.0 Å². The first kappa shape index (κ1) is 20.2. The van der Waals surface area contributed by atoms with E-state index in [-0.39, 0.29) is 11.7 Å². The Morgan fingerprint density at radius 3 is 2.89 bits per heavy atom. The number of amides is 2. The van der Waals surface area contributed by atoms with Gasteiger partial charge in [0.05, 0.1) is 18.8 Å². The van der Waals surface area contributed by atoms with Gasteiger partial charge in [-0.05, 0) is 49.5 Å². The minimum Gasteiger partial charge on any atom is -0.383 e. The fourth-order valence-electron chi connectivity index (χ4n) is 3.58. The fraction of sp³-hybridized carbons (Fsp3) is 0.556. The van der Waals surface area contributed by atoms with E-state index in [1.54, 1.807) is 34.9 Å². The van der Waals surface area contributed by atoms with Crippen molar-refractivity contribution in [2.75, 3.05) is 46.2 Å². The molecule has 2 aromatic rings. The van der Waals surface area contributed by atoms with E-state index in [1.807, 2.05) is 19.0 Å². The number of rotatable bonds is 6. The smallest absolute Gasteiger partial charge is 0.322 e. The largest absolute Gasteiger partial charge is 0.383 e. The van der Waals surface area contributed by atoms with Crippen molar-refractivity contribution in [3.8, 4) is 0 Å². The summed E-state index contributed by atoms with van der Waals surface area (Å²) in [4.78, 5) is 16.5. The van der Waals surface area contributed by atoms with Gasteiger partial charge in [0.1, 0.15) is 11.4 Å². The first-order valence-electron chi connectivity index (χ1n) is 9.21. The topological polar surface area (TPSA) is 88.4 Å². The highest BCUT2D eigenvalue weighted by molar-refractivity contribution is 5.89.